The fourth-order valence-corrected chi connectivity index (χ4v) is 3.44. The van der Waals surface area contributed by atoms with Crippen LogP contribution < -0.4 is 10.6 Å². The number of imide groups is 1. The second-order valence-electron chi connectivity index (χ2n) is 5.93. The largest absolute Gasteiger partial charge is 0.478 e. The van der Waals surface area contributed by atoms with Crippen LogP contribution in [0, 0.1) is 5.82 Å². The second kappa shape index (κ2) is 8.65. The van der Waals surface area contributed by atoms with Gasteiger partial charge in [0, 0.05) is 12.0 Å². The van der Waals surface area contributed by atoms with E-state index in [2.05, 4.69) is 10.2 Å². The molecule has 0 saturated carbocycles. The van der Waals surface area contributed by atoms with Crippen LogP contribution >= 0.6 is 11.8 Å². The van der Waals surface area contributed by atoms with Crippen molar-refractivity contribution in [2.24, 2.45) is 15.9 Å². The molecule has 2 amide bonds. The Morgan fingerprint density at radius 1 is 1.21 bits per heavy atom. The first kappa shape index (κ1) is 20.2. The van der Waals surface area contributed by atoms with Gasteiger partial charge in [-0.25, -0.2) is 14.1 Å². The summed E-state index contributed by atoms with van der Waals surface area (Å²) >= 11 is 0.879. The van der Waals surface area contributed by atoms with E-state index < -0.39 is 28.9 Å². The SMILES string of the molecule is NC(=NN=Cc1ccccc1F)SC1CC(=O)N(c2ccc(C(=O)O)cc2)C1=O. The van der Waals surface area contributed by atoms with Crippen molar-refractivity contribution >= 4 is 46.6 Å². The van der Waals surface area contributed by atoms with E-state index >= 15 is 0 Å². The highest BCUT2D eigenvalue weighted by Crippen LogP contribution is 2.29. The molecule has 3 N–H and O–H groups in total. The third kappa shape index (κ3) is 4.66. The molecule has 0 bridgehead atoms. The Balaban J connectivity index is 1.67. The number of aromatic carboxylic acids is 1. The van der Waals surface area contributed by atoms with Gasteiger partial charge >= 0.3 is 5.97 Å². The van der Waals surface area contributed by atoms with E-state index in [1.54, 1.807) is 12.1 Å². The minimum Gasteiger partial charge on any atom is -0.478 e. The maximum Gasteiger partial charge on any atom is 0.335 e. The lowest BCUT2D eigenvalue weighted by atomic mass is 10.2. The number of anilines is 1. The van der Waals surface area contributed by atoms with Crippen LogP contribution in [0.2, 0.25) is 0 Å². The van der Waals surface area contributed by atoms with Crippen LogP contribution in [0.1, 0.15) is 22.3 Å². The zero-order valence-electron chi connectivity index (χ0n) is 14.9. The molecule has 3 rings (SSSR count). The van der Waals surface area contributed by atoms with Crippen molar-refractivity contribution in [3.05, 3.63) is 65.5 Å². The minimum atomic E-state index is -1.11. The van der Waals surface area contributed by atoms with Crippen molar-refractivity contribution in [1.29, 1.82) is 0 Å². The first-order chi connectivity index (χ1) is 13.9. The molecule has 1 aliphatic heterocycles. The molecule has 29 heavy (non-hydrogen) atoms. The quantitative estimate of drug-likeness (QED) is 0.334. The summed E-state index contributed by atoms with van der Waals surface area (Å²) in [6.45, 7) is 0. The van der Waals surface area contributed by atoms with Gasteiger partial charge in [-0.15, -0.1) is 5.10 Å². The molecular weight excluding hydrogens is 399 g/mol. The number of nitrogens with zero attached hydrogens (tertiary/aromatic N) is 3. The number of halogens is 1. The Hall–Kier alpha value is -3.53. The van der Waals surface area contributed by atoms with Crippen LogP contribution in [-0.2, 0) is 9.59 Å². The number of amidine groups is 1. The summed E-state index contributed by atoms with van der Waals surface area (Å²) in [5, 5.41) is 15.5. The summed E-state index contributed by atoms with van der Waals surface area (Å²) in [6.07, 6.45) is 1.11. The van der Waals surface area contributed by atoms with Gasteiger partial charge in [-0.1, -0.05) is 30.0 Å². The number of carbonyl (C=O) groups is 3. The monoisotopic (exact) mass is 414 g/mol. The summed E-state index contributed by atoms with van der Waals surface area (Å²) in [5.74, 6) is -2.49. The number of carboxylic acids is 1. The normalized spacial score (nSPS) is 17.3. The zero-order chi connectivity index (χ0) is 21.0. The second-order valence-corrected chi connectivity index (χ2v) is 7.16. The van der Waals surface area contributed by atoms with Crippen LogP contribution in [0.15, 0.2) is 58.7 Å². The van der Waals surface area contributed by atoms with Gasteiger partial charge < -0.3 is 10.8 Å². The molecule has 2 aromatic carbocycles. The highest BCUT2D eigenvalue weighted by Gasteiger charge is 2.40. The van der Waals surface area contributed by atoms with E-state index in [4.69, 9.17) is 10.8 Å². The van der Waals surface area contributed by atoms with Crippen LogP contribution in [0.4, 0.5) is 10.1 Å². The molecule has 1 atom stereocenters. The lowest BCUT2D eigenvalue weighted by molar-refractivity contribution is -0.121. The number of nitrogens with two attached hydrogens (primary N) is 1. The maximum atomic E-state index is 13.5. The number of rotatable bonds is 5. The van der Waals surface area contributed by atoms with Crippen LogP contribution in [-0.4, -0.2) is 39.5 Å². The van der Waals surface area contributed by atoms with Crippen LogP contribution in [0.3, 0.4) is 0 Å². The Morgan fingerprint density at radius 2 is 1.90 bits per heavy atom. The highest BCUT2D eigenvalue weighted by molar-refractivity contribution is 8.14. The van der Waals surface area contributed by atoms with E-state index in [-0.39, 0.29) is 28.4 Å². The lowest BCUT2D eigenvalue weighted by Crippen LogP contribution is -2.31. The van der Waals surface area contributed by atoms with Crippen molar-refractivity contribution in [3.8, 4) is 0 Å². The number of amides is 2. The smallest absolute Gasteiger partial charge is 0.335 e. The van der Waals surface area contributed by atoms with Gasteiger partial charge in [0.1, 0.15) is 11.1 Å². The Kier molecular flexibility index (Phi) is 6.03. The van der Waals surface area contributed by atoms with Gasteiger partial charge in [-0.05, 0) is 30.3 Å². The number of hydrogen-bond acceptors (Lipinski definition) is 6. The Bertz CT molecular complexity index is 1020. The predicted octanol–water partition coefficient (Wildman–Crippen LogP) is 2.24. The van der Waals surface area contributed by atoms with Crippen molar-refractivity contribution in [2.75, 3.05) is 4.90 Å². The topological polar surface area (TPSA) is 125 Å². The molecule has 0 aliphatic carbocycles. The third-order valence-corrected chi connectivity index (χ3v) is 4.97. The molecule has 0 spiro atoms. The van der Waals surface area contributed by atoms with Gasteiger partial charge in [-0.3, -0.25) is 9.59 Å². The molecule has 1 fully saturated rings. The highest BCUT2D eigenvalue weighted by atomic mass is 32.2. The molecule has 1 heterocycles. The average Bonchev–Trinajstić information content (AvgIpc) is 2.96. The minimum absolute atomic E-state index is 0.0443. The van der Waals surface area contributed by atoms with Gasteiger partial charge in [0.25, 0.3) is 0 Å². The average molecular weight is 414 g/mol. The first-order valence-corrected chi connectivity index (χ1v) is 9.22. The number of hydrogen-bond donors (Lipinski definition) is 2. The molecule has 0 radical (unpaired) electrons. The van der Waals surface area contributed by atoms with Crippen LogP contribution in [0.5, 0.6) is 0 Å². The number of benzene rings is 2. The standard InChI is InChI=1S/C19H15FN4O4S/c20-14-4-2-1-3-12(14)10-22-23-19(21)29-15-9-16(25)24(17(15)26)13-7-5-11(6-8-13)18(27)28/h1-8,10,15H,9H2,(H2,21,23)(H,27,28). The molecule has 1 saturated heterocycles. The van der Waals surface area contributed by atoms with Gasteiger partial charge in [-0.2, -0.15) is 5.10 Å². The van der Waals surface area contributed by atoms with Crippen molar-refractivity contribution < 1.29 is 23.9 Å². The molecule has 1 unspecified atom stereocenters. The number of thioether (sulfide) groups is 1. The zero-order valence-corrected chi connectivity index (χ0v) is 15.7. The van der Waals surface area contributed by atoms with E-state index in [1.807, 2.05) is 0 Å². The van der Waals surface area contributed by atoms with E-state index in [0.29, 0.717) is 0 Å². The molecule has 0 aromatic heterocycles. The van der Waals surface area contributed by atoms with Crippen molar-refractivity contribution in [3.63, 3.8) is 0 Å². The Morgan fingerprint density at radius 3 is 2.55 bits per heavy atom. The maximum absolute atomic E-state index is 13.5. The first-order valence-electron chi connectivity index (χ1n) is 8.34. The summed E-state index contributed by atoms with van der Waals surface area (Å²) in [6, 6.07) is 11.4. The lowest BCUT2D eigenvalue weighted by Gasteiger charge is -2.14. The summed E-state index contributed by atoms with van der Waals surface area (Å²) < 4.78 is 13.5. The Labute approximate surface area is 168 Å². The van der Waals surface area contributed by atoms with Crippen molar-refractivity contribution in [2.45, 2.75) is 11.7 Å². The molecule has 8 nitrogen and oxygen atoms in total. The van der Waals surface area contributed by atoms with Gasteiger partial charge in [0.2, 0.25) is 11.8 Å². The van der Waals surface area contributed by atoms with E-state index in [9.17, 15) is 18.8 Å². The van der Waals surface area contributed by atoms with Crippen LogP contribution in [0.25, 0.3) is 0 Å². The molecule has 1 aliphatic rings. The fourth-order valence-electron chi connectivity index (χ4n) is 2.62. The number of carboxylic acid groups (broad SMARTS) is 1. The molecule has 10 heteroatoms. The van der Waals surface area contributed by atoms with Gasteiger partial charge in [0.05, 0.1) is 17.5 Å². The van der Waals surface area contributed by atoms with Gasteiger partial charge in [0.15, 0.2) is 5.17 Å². The fraction of sp³-hybridized carbons (Fsp3) is 0.105. The molecule has 2 aromatic rings. The summed E-state index contributed by atoms with van der Waals surface area (Å²) in [7, 11) is 0. The van der Waals surface area contributed by atoms with E-state index in [0.717, 1.165) is 16.7 Å². The molecular formula is C19H15FN4O4S. The molecule has 148 valence electrons. The van der Waals surface area contributed by atoms with Crippen molar-refractivity contribution in [1.82, 2.24) is 0 Å². The summed E-state index contributed by atoms with van der Waals surface area (Å²) in [4.78, 5) is 36.7. The predicted molar refractivity (Wildman–Crippen MR) is 108 cm³/mol. The summed E-state index contributed by atoms with van der Waals surface area (Å²) in [5.41, 5.74) is 6.32. The third-order valence-electron chi connectivity index (χ3n) is 4.00. The number of carbonyl (C=O) groups excluding carboxylic acids is 2. The van der Waals surface area contributed by atoms with E-state index in [1.165, 1.54) is 42.6 Å².